The van der Waals surface area contributed by atoms with Crippen LogP contribution in [0.25, 0.3) is 11.1 Å². The molecule has 0 fully saturated rings. The van der Waals surface area contributed by atoms with Gasteiger partial charge in [0.2, 0.25) is 0 Å². The molecular formula is C15H13FN2O2. The van der Waals surface area contributed by atoms with Crippen molar-refractivity contribution in [1.29, 1.82) is 5.41 Å². The van der Waals surface area contributed by atoms with Crippen molar-refractivity contribution >= 4 is 17.9 Å². The third-order valence-corrected chi connectivity index (χ3v) is 3.01. The Balaban J connectivity index is 2.49. The first-order chi connectivity index (χ1) is 9.56. The van der Waals surface area contributed by atoms with Gasteiger partial charge in [0.15, 0.2) is 0 Å². The molecule has 4 nitrogen and oxygen atoms in total. The monoisotopic (exact) mass is 272 g/mol. The number of rotatable bonds is 4. The van der Waals surface area contributed by atoms with Crippen LogP contribution in [-0.2, 0) is 0 Å². The first-order valence-corrected chi connectivity index (χ1v) is 5.92. The Bertz CT molecular complexity index is 684. The zero-order valence-electron chi connectivity index (χ0n) is 10.8. The first-order valence-electron chi connectivity index (χ1n) is 5.92. The van der Waals surface area contributed by atoms with E-state index in [1.54, 1.807) is 31.3 Å². The molecule has 0 aliphatic heterocycles. The van der Waals surface area contributed by atoms with Crippen LogP contribution in [0.2, 0.25) is 0 Å². The quantitative estimate of drug-likeness (QED) is 0.748. The second-order valence-electron chi connectivity index (χ2n) is 4.20. The van der Waals surface area contributed by atoms with Gasteiger partial charge in [-0.05, 0) is 35.4 Å². The maximum Gasteiger partial charge on any atom is 0.338 e. The van der Waals surface area contributed by atoms with E-state index < -0.39 is 11.8 Å². The van der Waals surface area contributed by atoms with Crippen LogP contribution in [0.5, 0.6) is 0 Å². The number of carboxylic acids is 1. The Morgan fingerprint density at radius 1 is 1.25 bits per heavy atom. The van der Waals surface area contributed by atoms with Crippen LogP contribution in [0.15, 0.2) is 36.4 Å². The Morgan fingerprint density at radius 3 is 2.45 bits per heavy atom. The molecule has 0 bridgehead atoms. The van der Waals surface area contributed by atoms with Gasteiger partial charge in [-0.1, -0.05) is 12.1 Å². The van der Waals surface area contributed by atoms with E-state index in [1.807, 2.05) is 0 Å². The van der Waals surface area contributed by atoms with Gasteiger partial charge < -0.3 is 15.8 Å². The number of halogens is 1. The van der Waals surface area contributed by atoms with E-state index in [0.29, 0.717) is 11.1 Å². The van der Waals surface area contributed by atoms with Gasteiger partial charge in [-0.25, -0.2) is 9.18 Å². The minimum Gasteiger partial charge on any atom is -0.478 e. The summed E-state index contributed by atoms with van der Waals surface area (Å²) < 4.78 is 13.7. The highest BCUT2D eigenvalue weighted by molar-refractivity contribution is 5.90. The number of hydrogen-bond acceptors (Lipinski definition) is 3. The van der Waals surface area contributed by atoms with E-state index in [0.717, 1.165) is 11.3 Å². The van der Waals surface area contributed by atoms with Crippen LogP contribution in [0.3, 0.4) is 0 Å². The number of anilines is 1. The molecule has 20 heavy (non-hydrogen) atoms. The maximum atomic E-state index is 13.7. The van der Waals surface area contributed by atoms with E-state index in [4.69, 9.17) is 10.5 Å². The predicted molar refractivity (Wildman–Crippen MR) is 76.2 cm³/mol. The molecule has 2 rings (SSSR count). The fraction of sp³-hybridized carbons (Fsp3) is 0.0667. The Kier molecular flexibility index (Phi) is 3.79. The highest BCUT2D eigenvalue weighted by Gasteiger charge is 2.11. The number of aromatic carboxylic acids is 1. The first kappa shape index (κ1) is 13.7. The Hall–Kier alpha value is -2.69. The molecule has 0 spiro atoms. The van der Waals surface area contributed by atoms with Gasteiger partial charge in [0.1, 0.15) is 5.82 Å². The predicted octanol–water partition coefficient (Wildman–Crippen LogP) is 3.23. The third-order valence-electron chi connectivity index (χ3n) is 3.01. The molecule has 0 atom stereocenters. The average Bonchev–Trinajstić information content (AvgIpc) is 2.45. The van der Waals surface area contributed by atoms with Crippen molar-refractivity contribution in [3.8, 4) is 11.1 Å². The lowest BCUT2D eigenvalue weighted by Crippen LogP contribution is -2.00. The fourth-order valence-electron chi connectivity index (χ4n) is 1.96. The molecule has 0 heterocycles. The van der Waals surface area contributed by atoms with Gasteiger partial charge in [-0.3, -0.25) is 0 Å². The second kappa shape index (κ2) is 5.52. The molecule has 0 aliphatic carbocycles. The van der Waals surface area contributed by atoms with Crippen LogP contribution in [0, 0.1) is 11.2 Å². The van der Waals surface area contributed by atoms with Gasteiger partial charge in [0.05, 0.1) is 5.56 Å². The van der Waals surface area contributed by atoms with Gasteiger partial charge in [-0.15, -0.1) is 0 Å². The molecule has 2 aromatic rings. The fourth-order valence-corrected chi connectivity index (χ4v) is 1.96. The lowest BCUT2D eigenvalue weighted by Gasteiger charge is -2.09. The molecular weight excluding hydrogens is 259 g/mol. The highest BCUT2D eigenvalue weighted by Crippen LogP contribution is 2.26. The topological polar surface area (TPSA) is 73.2 Å². The van der Waals surface area contributed by atoms with E-state index in [2.05, 4.69) is 5.32 Å². The molecule has 0 unspecified atom stereocenters. The van der Waals surface area contributed by atoms with Crippen LogP contribution in [0.1, 0.15) is 15.9 Å². The molecule has 102 valence electrons. The summed E-state index contributed by atoms with van der Waals surface area (Å²) in [5, 5.41) is 19.1. The van der Waals surface area contributed by atoms with Crippen LogP contribution in [0.4, 0.5) is 10.1 Å². The smallest absolute Gasteiger partial charge is 0.338 e. The van der Waals surface area contributed by atoms with E-state index >= 15 is 0 Å². The summed E-state index contributed by atoms with van der Waals surface area (Å²) >= 11 is 0. The number of benzene rings is 2. The Labute approximate surface area is 115 Å². The van der Waals surface area contributed by atoms with Gasteiger partial charge in [0.25, 0.3) is 0 Å². The van der Waals surface area contributed by atoms with Gasteiger partial charge in [0, 0.05) is 24.5 Å². The van der Waals surface area contributed by atoms with Crippen molar-refractivity contribution in [2.75, 3.05) is 12.4 Å². The average molecular weight is 272 g/mol. The zero-order chi connectivity index (χ0) is 14.7. The molecule has 0 radical (unpaired) electrons. The molecule has 0 amide bonds. The van der Waals surface area contributed by atoms with Crippen LogP contribution >= 0.6 is 0 Å². The molecule has 0 aromatic heterocycles. The molecule has 5 heteroatoms. The summed E-state index contributed by atoms with van der Waals surface area (Å²) in [6.07, 6.45) is 1.21. The Morgan fingerprint density at radius 2 is 1.90 bits per heavy atom. The normalized spacial score (nSPS) is 10.1. The van der Waals surface area contributed by atoms with Crippen molar-refractivity contribution < 1.29 is 14.3 Å². The maximum absolute atomic E-state index is 13.7. The number of hydrogen-bond donors (Lipinski definition) is 3. The summed E-state index contributed by atoms with van der Waals surface area (Å²) in [5.41, 5.74) is 2.41. The minimum atomic E-state index is -1.29. The van der Waals surface area contributed by atoms with E-state index in [9.17, 15) is 9.18 Å². The van der Waals surface area contributed by atoms with E-state index in [-0.39, 0.29) is 5.56 Å². The molecule has 0 aliphatic rings. The van der Waals surface area contributed by atoms with E-state index in [1.165, 1.54) is 18.3 Å². The molecule has 2 aromatic carbocycles. The van der Waals surface area contributed by atoms with Crippen molar-refractivity contribution in [3.63, 3.8) is 0 Å². The summed E-state index contributed by atoms with van der Waals surface area (Å²) in [4.78, 5) is 10.8. The molecule has 0 saturated heterocycles. The zero-order valence-corrected chi connectivity index (χ0v) is 10.8. The molecule has 3 N–H and O–H groups in total. The van der Waals surface area contributed by atoms with Crippen molar-refractivity contribution in [2.24, 2.45) is 0 Å². The van der Waals surface area contributed by atoms with Crippen LogP contribution < -0.4 is 5.32 Å². The standard InChI is InChI=1S/C15H13FN2O2/c1-18-14-5-3-9(6-11(14)8-17)10-2-4-12(15(19)20)13(16)7-10/h2-8,17-18H,1H3,(H,19,20). The van der Waals surface area contributed by atoms with Crippen LogP contribution in [-0.4, -0.2) is 24.3 Å². The van der Waals surface area contributed by atoms with Crippen molar-refractivity contribution in [2.45, 2.75) is 0 Å². The van der Waals surface area contributed by atoms with Gasteiger partial charge in [-0.2, -0.15) is 0 Å². The SMILES string of the molecule is CNc1ccc(-c2ccc(C(=O)O)c(F)c2)cc1C=N. The van der Waals surface area contributed by atoms with Crippen molar-refractivity contribution in [1.82, 2.24) is 0 Å². The minimum absolute atomic E-state index is 0.354. The summed E-state index contributed by atoms with van der Waals surface area (Å²) in [7, 11) is 1.75. The lowest BCUT2D eigenvalue weighted by molar-refractivity contribution is 0.0692. The summed E-state index contributed by atoms with van der Waals surface area (Å²) in [5.74, 6) is -2.07. The lowest BCUT2D eigenvalue weighted by atomic mass is 10.0. The molecule has 0 saturated carbocycles. The largest absolute Gasteiger partial charge is 0.478 e. The number of nitrogens with one attached hydrogen (secondary N) is 2. The second-order valence-corrected chi connectivity index (χ2v) is 4.20. The third kappa shape index (κ3) is 2.51. The highest BCUT2D eigenvalue weighted by atomic mass is 19.1. The number of carboxylic acid groups (broad SMARTS) is 1. The summed E-state index contributed by atoms with van der Waals surface area (Å²) in [6.45, 7) is 0. The van der Waals surface area contributed by atoms with Crippen molar-refractivity contribution in [3.05, 3.63) is 53.3 Å². The van der Waals surface area contributed by atoms with Gasteiger partial charge >= 0.3 is 5.97 Å². The number of carbonyl (C=O) groups is 1. The summed E-state index contributed by atoms with van der Waals surface area (Å²) in [6, 6.07) is 9.30.